The number of aryl methyl sites for hydroxylation is 1. The molecule has 2 aromatic rings. The molecule has 1 spiro atoms. The number of sulfonamides is 1. The molecule has 2 aliphatic heterocycles. The second-order valence-electron chi connectivity index (χ2n) is 12.8. The van der Waals surface area contributed by atoms with Crippen LogP contribution in [0, 0.1) is 11.8 Å². The lowest BCUT2D eigenvalue weighted by atomic mass is 9.68. The molecule has 2 heterocycles. The third-order valence-corrected chi connectivity index (χ3v) is 12.5. The number of nitrogens with zero attached hydrogens (tertiary/aromatic N) is 1. The fourth-order valence-corrected chi connectivity index (χ4v) is 9.66. The standard InChI is InChI=1S/C34H43ClN2O6S/c1-4-32-31(42-3)9-5-8-29(41-2)26-13-10-24(26)19-37-20-34(16-6-7-22-17-25(35)12-14-27(22)34)21-43-30-15-11-23(18-28(30)37)33(38)36-44(32,39)40/h5,8,11-12,14-15,17-18,24,26,29,31-32H,4,6-7,9-10,13,16,19-21H2,1-3H3,(H,36,38)/b8-5+/t24?,26?,29-,31+,32-,34-/m0/s1. The first-order chi connectivity index (χ1) is 21.2. The van der Waals surface area contributed by atoms with Crippen LogP contribution in [-0.2, 0) is 31.3 Å². The van der Waals surface area contributed by atoms with Crippen molar-refractivity contribution in [2.45, 2.75) is 74.7 Å². The summed E-state index contributed by atoms with van der Waals surface area (Å²) in [5, 5.41) is -0.154. The number of ether oxygens (including phenoxy) is 3. The summed E-state index contributed by atoms with van der Waals surface area (Å²) in [5.74, 6) is 0.756. The van der Waals surface area contributed by atoms with Crippen LogP contribution in [0.5, 0.6) is 5.75 Å². The Morgan fingerprint density at radius 3 is 2.70 bits per heavy atom. The molecule has 2 bridgehead atoms. The Bertz CT molecular complexity index is 1530. The van der Waals surface area contributed by atoms with Crippen LogP contribution in [0.1, 0.15) is 66.9 Å². The molecule has 44 heavy (non-hydrogen) atoms. The smallest absolute Gasteiger partial charge is 0.264 e. The fourth-order valence-electron chi connectivity index (χ4n) is 7.88. The molecule has 0 aromatic heterocycles. The van der Waals surface area contributed by atoms with E-state index in [1.807, 2.05) is 18.2 Å². The molecule has 2 aromatic carbocycles. The average Bonchev–Trinajstić information content (AvgIpc) is 3.14. The molecule has 10 heteroatoms. The normalized spacial score (nSPS) is 32.3. The van der Waals surface area contributed by atoms with Crippen LogP contribution in [0.3, 0.4) is 0 Å². The van der Waals surface area contributed by atoms with Crippen molar-refractivity contribution in [1.82, 2.24) is 4.72 Å². The van der Waals surface area contributed by atoms with Crippen LogP contribution >= 0.6 is 11.6 Å². The molecule has 1 saturated carbocycles. The summed E-state index contributed by atoms with van der Waals surface area (Å²) in [6.07, 6.45) is 9.18. The van der Waals surface area contributed by atoms with Crippen LogP contribution in [-0.4, -0.2) is 65.7 Å². The van der Waals surface area contributed by atoms with Crippen molar-refractivity contribution < 1.29 is 27.4 Å². The average molecular weight is 643 g/mol. The number of carbonyl (C=O) groups excluding carboxylic acids is 1. The minimum Gasteiger partial charge on any atom is -0.490 e. The third kappa shape index (κ3) is 5.88. The molecular formula is C34H43ClN2O6S. The van der Waals surface area contributed by atoms with Gasteiger partial charge in [0.05, 0.1) is 24.5 Å². The molecule has 0 radical (unpaired) electrons. The van der Waals surface area contributed by atoms with Gasteiger partial charge < -0.3 is 19.1 Å². The van der Waals surface area contributed by atoms with Crippen molar-refractivity contribution >= 4 is 33.2 Å². The monoisotopic (exact) mass is 642 g/mol. The number of benzene rings is 2. The summed E-state index contributed by atoms with van der Waals surface area (Å²) in [6, 6.07) is 11.5. The van der Waals surface area contributed by atoms with E-state index in [0.29, 0.717) is 37.0 Å². The van der Waals surface area contributed by atoms with Crippen LogP contribution in [0.15, 0.2) is 48.6 Å². The Balaban J connectivity index is 1.43. The van der Waals surface area contributed by atoms with E-state index in [1.165, 1.54) is 18.2 Å². The Hall–Kier alpha value is -2.59. The Kier molecular flexibility index (Phi) is 9.03. The van der Waals surface area contributed by atoms with E-state index in [1.54, 1.807) is 26.2 Å². The summed E-state index contributed by atoms with van der Waals surface area (Å²) in [4.78, 5) is 15.9. The van der Waals surface area contributed by atoms with Crippen LogP contribution in [0.2, 0.25) is 5.02 Å². The highest BCUT2D eigenvalue weighted by Crippen LogP contribution is 2.47. The van der Waals surface area contributed by atoms with Crippen LogP contribution in [0.4, 0.5) is 5.69 Å². The second kappa shape index (κ2) is 12.7. The molecule has 2 aliphatic carbocycles. The first kappa shape index (κ1) is 31.4. The van der Waals surface area contributed by atoms with Gasteiger partial charge in [0.15, 0.2) is 0 Å². The molecule has 1 fully saturated rings. The number of anilines is 1. The Labute approximate surface area is 266 Å². The van der Waals surface area contributed by atoms with Gasteiger partial charge in [-0.1, -0.05) is 36.7 Å². The molecule has 4 aliphatic rings. The number of carbonyl (C=O) groups is 1. The molecule has 1 N–H and O–H groups in total. The highest BCUT2D eigenvalue weighted by molar-refractivity contribution is 7.90. The van der Waals surface area contributed by atoms with Gasteiger partial charge in [0.2, 0.25) is 10.0 Å². The van der Waals surface area contributed by atoms with Gasteiger partial charge in [0.1, 0.15) is 11.0 Å². The second-order valence-corrected chi connectivity index (χ2v) is 15.2. The number of rotatable bonds is 3. The SMILES string of the molecule is CC[C@H]1[C@H](OC)C/C=C/[C@H](OC)C2CCC2CN2C[C@@]3(CCCc4cc(Cl)ccc43)COc3ccc(cc32)C(=O)NS1(=O)=O. The van der Waals surface area contributed by atoms with E-state index in [-0.39, 0.29) is 17.1 Å². The van der Waals surface area contributed by atoms with Crippen molar-refractivity contribution in [3.63, 3.8) is 0 Å². The van der Waals surface area contributed by atoms with E-state index < -0.39 is 27.3 Å². The van der Waals surface area contributed by atoms with Crippen molar-refractivity contribution in [3.05, 3.63) is 70.3 Å². The third-order valence-electron chi connectivity index (χ3n) is 10.4. The van der Waals surface area contributed by atoms with Gasteiger partial charge in [-0.15, -0.1) is 0 Å². The predicted octanol–water partition coefficient (Wildman–Crippen LogP) is 5.67. The van der Waals surface area contributed by atoms with Gasteiger partial charge in [-0.2, -0.15) is 0 Å². The highest BCUT2D eigenvalue weighted by Gasteiger charge is 2.44. The van der Waals surface area contributed by atoms with Crippen LogP contribution < -0.4 is 14.4 Å². The number of hydrogen-bond acceptors (Lipinski definition) is 7. The Morgan fingerprint density at radius 1 is 1.14 bits per heavy atom. The maximum atomic E-state index is 13.5. The number of hydrogen-bond donors (Lipinski definition) is 1. The van der Waals surface area contributed by atoms with Gasteiger partial charge in [-0.25, -0.2) is 13.1 Å². The first-order valence-electron chi connectivity index (χ1n) is 15.8. The summed E-state index contributed by atoms with van der Waals surface area (Å²) >= 11 is 6.41. The van der Waals surface area contributed by atoms with E-state index in [0.717, 1.165) is 55.9 Å². The molecule has 6 atom stereocenters. The van der Waals surface area contributed by atoms with E-state index in [4.69, 9.17) is 25.8 Å². The van der Waals surface area contributed by atoms with Crippen molar-refractivity contribution in [2.75, 3.05) is 38.8 Å². The first-order valence-corrected chi connectivity index (χ1v) is 17.7. The summed E-state index contributed by atoms with van der Waals surface area (Å²) in [7, 11) is -0.778. The number of methoxy groups -OCH3 is 2. The molecular weight excluding hydrogens is 600 g/mol. The molecule has 6 rings (SSSR count). The zero-order valence-corrected chi connectivity index (χ0v) is 27.3. The lowest BCUT2D eigenvalue weighted by Crippen LogP contribution is -2.49. The van der Waals surface area contributed by atoms with Crippen molar-refractivity contribution in [3.8, 4) is 5.75 Å². The van der Waals surface area contributed by atoms with E-state index in [2.05, 4.69) is 27.8 Å². The molecule has 2 unspecified atom stereocenters. The maximum Gasteiger partial charge on any atom is 0.264 e. The molecule has 8 nitrogen and oxygen atoms in total. The minimum atomic E-state index is -4.03. The predicted molar refractivity (Wildman–Crippen MR) is 172 cm³/mol. The van der Waals surface area contributed by atoms with E-state index in [9.17, 15) is 13.2 Å². The molecule has 238 valence electrons. The number of amides is 1. The van der Waals surface area contributed by atoms with E-state index >= 15 is 0 Å². The lowest BCUT2D eigenvalue weighted by molar-refractivity contribution is 0.0129. The maximum absolute atomic E-state index is 13.5. The molecule has 0 saturated heterocycles. The number of nitrogens with one attached hydrogen (secondary N) is 1. The van der Waals surface area contributed by atoms with Gasteiger partial charge in [-0.05, 0) is 98.2 Å². The number of fused-ring (bicyclic) bond motifs is 4. The zero-order chi connectivity index (χ0) is 31.1. The van der Waals surface area contributed by atoms with Crippen LogP contribution in [0.25, 0.3) is 0 Å². The number of halogens is 1. The van der Waals surface area contributed by atoms with Gasteiger partial charge in [-0.3, -0.25) is 4.79 Å². The summed E-state index contributed by atoms with van der Waals surface area (Å²) < 4.78 is 47.6. The van der Waals surface area contributed by atoms with Crippen molar-refractivity contribution in [2.24, 2.45) is 11.8 Å². The molecule has 1 amide bonds. The van der Waals surface area contributed by atoms with Gasteiger partial charge >= 0.3 is 0 Å². The topological polar surface area (TPSA) is 94.2 Å². The highest BCUT2D eigenvalue weighted by atomic mass is 35.5. The van der Waals surface area contributed by atoms with Gasteiger partial charge in [0.25, 0.3) is 5.91 Å². The lowest BCUT2D eigenvalue weighted by Gasteiger charge is -2.46. The minimum absolute atomic E-state index is 0.0870. The zero-order valence-electron chi connectivity index (χ0n) is 25.8. The fraction of sp³-hybridized carbons (Fsp3) is 0.559. The largest absolute Gasteiger partial charge is 0.490 e. The van der Waals surface area contributed by atoms with Crippen molar-refractivity contribution in [1.29, 1.82) is 0 Å². The quantitative estimate of drug-likeness (QED) is 0.432. The Morgan fingerprint density at radius 2 is 1.98 bits per heavy atom. The van der Waals surface area contributed by atoms with Gasteiger partial charge in [0, 0.05) is 43.3 Å². The summed E-state index contributed by atoms with van der Waals surface area (Å²) in [6.45, 7) is 3.81. The summed E-state index contributed by atoms with van der Waals surface area (Å²) in [5.41, 5.74) is 3.40.